The molecule has 1 aliphatic carbocycles. The SMILES string of the molecule is CNC(=O)N1Cc2nc(C)nc(Oc3ccc4c(ccn4C(=O)Nc4cc(C5(C)CC5)[nH]n4)c3)c2C[C@@H]1C. The van der Waals surface area contributed by atoms with Crippen molar-refractivity contribution in [2.45, 2.75) is 58.0 Å². The van der Waals surface area contributed by atoms with Crippen LogP contribution in [-0.2, 0) is 18.4 Å². The predicted molar refractivity (Wildman–Crippen MR) is 142 cm³/mol. The van der Waals surface area contributed by atoms with Gasteiger partial charge in [-0.3, -0.25) is 15.0 Å². The molecule has 38 heavy (non-hydrogen) atoms. The number of ether oxygens (including phenoxy) is 1. The van der Waals surface area contributed by atoms with Crippen molar-refractivity contribution < 1.29 is 14.3 Å². The fraction of sp³-hybridized carbons (Fsp3) is 0.370. The fourth-order valence-electron chi connectivity index (χ4n) is 4.98. The number of H-pyrrole nitrogens is 1. The number of hydrogen-bond acceptors (Lipinski definition) is 6. The Hall–Kier alpha value is -4.41. The fourth-order valence-corrected chi connectivity index (χ4v) is 4.98. The van der Waals surface area contributed by atoms with Gasteiger partial charge in [0.15, 0.2) is 5.82 Å². The highest BCUT2D eigenvalue weighted by Crippen LogP contribution is 2.47. The summed E-state index contributed by atoms with van der Waals surface area (Å²) in [5, 5.41) is 13.7. The second-order valence-electron chi connectivity index (χ2n) is 10.4. The molecule has 0 radical (unpaired) electrons. The van der Waals surface area contributed by atoms with Crippen molar-refractivity contribution in [1.82, 2.24) is 34.9 Å². The molecule has 11 nitrogen and oxygen atoms in total. The second-order valence-corrected chi connectivity index (χ2v) is 10.4. The Labute approximate surface area is 219 Å². The summed E-state index contributed by atoms with van der Waals surface area (Å²) in [6.45, 7) is 6.38. The van der Waals surface area contributed by atoms with E-state index in [1.165, 1.54) is 0 Å². The lowest BCUT2D eigenvalue weighted by molar-refractivity contribution is 0.168. The van der Waals surface area contributed by atoms with Crippen molar-refractivity contribution >= 4 is 28.8 Å². The molecule has 1 saturated carbocycles. The molecule has 4 aromatic rings. The number of aromatic nitrogens is 5. The van der Waals surface area contributed by atoms with Crippen LogP contribution in [0.25, 0.3) is 10.9 Å². The first-order valence-electron chi connectivity index (χ1n) is 12.7. The molecule has 1 aromatic carbocycles. The van der Waals surface area contributed by atoms with Gasteiger partial charge in [0.05, 0.1) is 17.8 Å². The van der Waals surface area contributed by atoms with Crippen LogP contribution < -0.4 is 15.4 Å². The minimum absolute atomic E-state index is 0.0242. The van der Waals surface area contributed by atoms with Gasteiger partial charge in [0.1, 0.15) is 11.6 Å². The molecule has 0 unspecified atom stereocenters. The Morgan fingerprint density at radius 2 is 1.97 bits per heavy atom. The van der Waals surface area contributed by atoms with E-state index >= 15 is 0 Å². The van der Waals surface area contributed by atoms with Crippen LogP contribution >= 0.6 is 0 Å². The highest BCUT2D eigenvalue weighted by Gasteiger charge is 2.40. The highest BCUT2D eigenvalue weighted by atomic mass is 16.5. The van der Waals surface area contributed by atoms with Gasteiger partial charge >= 0.3 is 12.1 Å². The Balaban J connectivity index is 1.22. The first kappa shape index (κ1) is 24.0. The third-order valence-corrected chi connectivity index (χ3v) is 7.55. The van der Waals surface area contributed by atoms with Crippen molar-refractivity contribution in [1.29, 1.82) is 0 Å². The Morgan fingerprint density at radius 3 is 2.74 bits per heavy atom. The zero-order valence-electron chi connectivity index (χ0n) is 21.8. The molecular weight excluding hydrogens is 484 g/mol. The molecule has 196 valence electrons. The van der Waals surface area contributed by atoms with Gasteiger partial charge in [-0.1, -0.05) is 6.92 Å². The van der Waals surface area contributed by atoms with Crippen LogP contribution in [-0.4, -0.2) is 54.8 Å². The van der Waals surface area contributed by atoms with E-state index in [2.05, 4.69) is 37.7 Å². The van der Waals surface area contributed by atoms with E-state index in [0.29, 0.717) is 36.2 Å². The van der Waals surface area contributed by atoms with Gasteiger partial charge in [0.25, 0.3) is 0 Å². The molecule has 11 heteroatoms. The average Bonchev–Trinajstić information content (AvgIpc) is 3.27. The minimum atomic E-state index is -0.289. The van der Waals surface area contributed by atoms with Crippen LogP contribution in [0.1, 0.15) is 49.5 Å². The highest BCUT2D eigenvalue weighted by molar-refractivity contribution is 5.98. The Morgan fingerprint density at radius 1 is 1.16 bits per heavy atom. The maximum atomic E-state index is 13.0. The smallest absolute Gasteiger partial charge is 0.331 e. The first-order chi connectivity index (χ1) is 18.2. The van der Waals surface area contributed by atoms with Gasteiger partial charge in [0, 0.05) is 47.4 Å². The number of carbonyl (C=O) groups is 2. The maximum absolute atomic E-state index is 13.0. The van der Waals surface area contributed by atoms with Crippen molar-refractivity contribution in [3.63, 3.8) is 0 Å². The number of carbonyl (C=O) groups excluding carboxylic acids is 2. The molecule has 4 heterocycles. The number of hydrogen-bond donors (Lipinski definition) is 3. The lowest BCUT2D eigenvalue weighted by Gasteiger charge is -2.34. The van der Waals surface area contributed by atoms with E-state index in [9.17, 15) is 9.59 Å². The Kier molecular flexibility index (Phi) is 5.59. The van der Waals surface area contributed by atoms with Gasteiger partial charge in [0.2, 0.25) is 5.88 Å². The van der Waals surface area contributed by atoms with E-state index in [0.717, 1.165) is 40.7 Å². The molecule has 1 atom stereocenters. The molecule has 0 bridgehead atoms. The number of urea groups is 1. The van der Waals surface area contributed by atoms with Gasteiger partial charge < -0.3 is 15.0 Å². The van der Waals surface area contributed by atoms with Gasteiger partial charge in [-0.15, -0.1) is 0 Å². The monoisotopic (exact) mass is 514 g/mol. The number of rotatable bonds is 4. The zero-order valence-corrected chi connectivity index (χ0v) is 21.8. The third-order valence-electron chi connectivity index (χ3n) is 7.55. The number of anilines is 1. The minimum Gasteiger partial charge on any atom is -0.439 e. The number of nitrogens with zero attached hydrogens (tertiary/aromatic N) is 5. The normalized spacial score (nSPS) is 17.7. The molecule has 0 saturated heterocycles. The lowest BCUT2D eigenvalue weighted by Crippen LogP contribution is -2.47. The van der Waals surface area contributed by atoms with E-state index in [1.54, 1.807) is 22.7 Å². The summed E-state index contributed by atoms with van der Waals surface area (Å²) < 4.78 is 7.80. The average molecular weight is 515 g/mol. The Bertz CT molecular complexity index is 1570. The van der Waals surface area contributed by atoms with Crippen LogP contribution in [0.5, 0.6) is 11.6 Å². The quantitative estimate of drug-likeness (QED) is 0.368. The summed E-state index contributed by atoms with van der Waals surface area (Å²) in [6.07, 6.45) is 4.57. The van der Waals surface area contributed by atoms with Crippen LogP contribution in [0, 0.1) is 6.92 Å². The van der Waals surface area contributed by atoms with Crippen LogP contribution in [0.15, 0.2) is 36.5 Å². The van der Waals surface area contributed by atoms with Gasteiger partial charge in [-0.2, -0.15) is 10.1 Å². The number of aryl methyl sites for hydroxylation is 1. The topological polar surface area (TPSA) is 130 Å². The maximum Gasteiger partial charge on any atom is 0.331 e. The lowest BCUT2D eigenvalue weighted by atomic mass is 10.00. The summed E-state index contributed by atoms with van der Waals surface area (Å²) in [5.74, 6) is 2.18. The molecule has 0 spiro atoms. The van der Waals surface area contributed by atoms with Crippen LogP contribution in [0.4, 0.5) is 15.4 Å². The molecule has 1 aliphatic heterocycles. The number of amides is 3. The number of fused-ring (bicyclic) bond motifs is 2. The molecule has 6 rings (SSSR count). The molecular formula is C27H30N8O3. The van der Waals surface area contributed by atoms with Crippen LogP contribution in [0.3, 0.4) is 0 Å². The second kappa shape index (κ2) is 8.86. The summed E-state index contributed by atoms with van der Waals surface area (Å²) in [6, 6.07) is 8.88. The van der Waals surface area contributed by atoms with Crippen molar-refractivity contribution in [3.05, 3.63) is 59.3 Å². The zero-order chi connectivity index (χ0) is 26.6. The van der Waals surface area contributed by atoms with Gasteiger partial charge in [-0.05, 0) is 57.4 Å². The molecule has 1 fully saturated rings. The van der Waals surface area contributed by atoms with Gasteiger partial charge in [-0.25, -0.2) is 14.6 Å². The predicted octanol–water partition coefficient (Wildman–Crippen LogP) is 4.47. The van der Waals surface area contributed by atoms with E-state index in [4.69, 9.17) is 4.74 Å². The summed E-state index contributed by atoms with van der Waals surface area (Å²) in [5.41, 5.74) is 3.63. The van der Waals surface area contributed by atoms with Crippen molar-refractivity contribution in [2.24, 2.45) is 0 Å². The van der Waals surface area contributed by atoms with E-state index in [-0.39, 0.29) is 23.5 Å². The van der Waals surface area contributed by atoms with Crippen molar-refractivity contribution in [2.75, 3.05) is 12.4 Å². The standard InChI is InChI=1S/C27H30N8O3/c1-15-11-19-20(14-35(15)25(36)28-4)29-16(2)30-24(19)38-18-5-6-21-17(12-18)7-10-34(21)26(37)31-23-13-22(32-33-23)27(3)8-9-27/h5-7,10,12-13,15H,8-9,11,14H2,1-4H3,(H,28,36)(H2,31,32,33,37)/t15-/m0/s1. The van der Waals surface area contributed by atoms with E-state index < -0.39 is 0 Å². The number of nitrogens with one attached hydrogen (secondary N) is 3. The van der Waals surface area contributed by atoms with Crippen molar-refractivity contribution in [3.8, 4) is 11.6 Å². The number of aromatic amines is 1. The summed E-state index contributed by atoms with van der Waals surface area (Å²) >= 11 is 0. The van der Waals surface area contributed by atoms with E-state index in [1.807, 2.05) is 44.2 Å². The summed E-state index contributed by atoms with van der Waals surface area (Å²) in [7, 11) is 1.62. The summed E-state index contributed by atoms with van der Waals surface area (Å²) in [4.78, 5) is 36.1. The molecule has 3 N–H and O–H groups in total. The third kappa shape index (κ3) is 4.23. The molecule has 2 aliphatic rings. The van der Waals surface area contributed by atoms with Crippen LogP contribution in [0.2, 0.25) is 0 Å². The molecule has 3 aromatic heterocycles. The largest absolute Gasteiger partial charge is 0.439 e. The molecule has 3 amide bonds. The first-order valence-corrected chi connectivity index (χ1v) is 12.7. The number of benzene rings is 1.